The lowest BCUT2D eigenvalue weighted by atomic mass is 10.1. The number of amides is 1. The van der Waals surface area contributed by atoms with E-state index >= 15 is 0 Å². The summed E-state index contributed by atoms with van der Waals surface area (Å²) in [4.78, 5) is 23.9. The zero-order valence-electron chi connectivity index (χ0n) is 12.3. The number of phenols is 1. The Morgan fingerprint density at radius 1 is 1.09 bits per heavy atom. The fraction of sp³-hybridized carbons (Fsp3) is 0.111. The van der Waals surface area contributed by atoms with Gasteiger partial charge in [-0.05, 0) is 30.2 Å². The lowest BCUT2D eigenvalue weighted by Gasteiger charge is -2.07. The summed E-state index contributed by atoms with van der Waals surface area (Å²) in [7, 11) is 0. The van der Waals surface area contributed by atoms with Crippen LogP contribution in [-0.2, 0) is 6.42 Å². The van der Waals surface area contributed by atoms with E-state index < -0.39 is 5.63 Å². The largest absolute Gasteiger partial charge is 0.508 e. The van der Waals surface area contributed by atoms with E-state index in [9.17, 15) is 14.7 Å². The monoisotopic (exact) mass is 309 g/mol. The minimum absolute atomic E-state index is 0.209. The molecule has 116 valence electrons. The van der Waals surface area contributed by atoms with Gasteiger partial charge in [0.1, 0.15) is 11.3 Å². The molecule has 3 rings (SSSR count). The minimum Gasteiger partial charge on any atom is -0.508 e. The van der Waals surface area contributed by atoms with Crippen molar-refractivity contribution in [2.75, 3.05) is 6.54 Å². The maximum absolute atomic E-state index is 12.3. The van der Waals surface area contributed by atoms with Gasteiger partial charge in [-0.25, -0.2) is 4.79 Å². The van der Waals surface area contributed by atoms with E-state index in [1.165, 1.54) is 6.07 Å². The molecule has 0 saturated heterocycles. The molecule has 0 atom stereocenters. The summed E-state index contributed by atoms with van der Waals surface area (Å²) in [5.74, 6) is -0.104. The molecule has 0 spiro atoms. The average Bonchev–Trinajstić information content (AvgIpc) is 2.55. The van der Waals surface area contributed by atoms with Gasteiger partial charge in [-0.2, -0.15) is 0 Å². The molecule has 23 heavy (non-hydrogen) atoms. The molecule has 5 heteroatoms. The Bertz CT molecular complexity index is 897. The topological polar surface area (TPSA) is 79.5 Å². The fourth-order valence-electron chi connectivity index (χ4n) is 2.38. The molecule has 0 bridgehead atoms. The zero-order valence-corrected chi connectivity index (χ0v) is 12.3. The highest BCUT2D eigenvalue weighted by Gasteiger charge is 2.12. The van der Waals surface area contributed by atoms with E-state index in [1.807, 2.05) is 0 Å². The van der Waals surface area contributed by atoms with Gasteiger partial charge in [-0.3, -0.25) is 4.79 Å². The van der Waals surface area contributed by atoms with Crippen molar-refractivity contribution in [1.82, 2.24) is 5.32 Å². The van der Waals surface area contributed by atoms with Crippen LogP contribution < -0.4 is 10.9 Å². The second-order valence-corrected chi connectivity index (χ2v) is 5.15. The van der Waals surface area contributed by atoms with Crippen LogP contribution in [0.4, 0.5) is 0 Å². The average molecular weight is 309 g/mol. The molecule has 1 aromatic heterocycles. The standard InChI is InChI=1S/C18H15NO4/c20-13-7-5-12(6-8-13)9-10-19-18(22)15-11-17(21)23-16-4-2-1-3-14(15)16/h1-8,11,20H,9-10H2,(H,19,22). The Hall–Kier alpha value is -3.08. The van der Waals surface area contributed by atoms with Gasteiger partial charge in [-0.15, -0.1) is 0 Å². The number of para-hydroxylation sites is 1. The smallest absolute Gasteiger partial charge is 0.337 e. The van der Waals surface area contributed by atoms with Crippen LogP contribution >= 0.6 is 0 Å². The molecule has 2 N–H and O–H groups in total. The molecular formula is C18H15NO4. The Morgan fingerprint density at radius 2 is 1.83 bits per heavy atom. The van der Waals surface area contributed by atoms with E-state index in [-0.39, 0.29) is 11.7 Å². The van der Waals surface area contributed by atoms with Crippen molar-refractivity contribution in [1.29, 1.82) is 0 Å². The Balaban J connectivity index is 1.73. The molecule has 3 aromatic rings. The number of benzene rings is 2. The number of hydrogen-bond acceptors (Lipinski definition) is 4. The second kappa shape index (κ2) is 6.36. The van der Waals surface area contributed by atoms with E-state index in [1.54, 1.807) is 48.5 Å². The highest BCUT2D eigenvalue weighted by Crippen LogP contribution is 2.16. The van der Waals surface area contributed by atoms with Crippen LogP contribution in [0.3, 0.4) is 0 Å². The second-order valence-electron chi connectivity index (χ2n) is 5.15. The third kappa shape index (κ3) is 3.40. The number of aromatic hydroxyl groups is 1. The molecule has 0 aliphatic heterocycles. The van der Waals surface area contributed by atoms with Gasteiger partial charge in [0.15, 0.2) is 0 Å². The van der Waals surface area contributed by atoms with Gasteiger partial charge < -0.3 is 14.8 Å². The SMILES string of the molecule is O=C(NCCc1ccc(O)cc1)c1cc(=O)oc2ccccc12. The Kier molecular flexibility index (Phi) is 4.10. The van der Waals surface area contributed by atoms with Gasteiger partial charge in [0.25, 0.3) is 5.91 Å². The third-order valence-corrected chi connectivity index (χ3v) is 3.53. The van der Waals surface area contributed by atoms with Crippen molar-refractivity contribution in [3.63, 3.8) is 0 Å². The maximum atomic E-state index is 12.3. The van der Waals surface area contributed by atoms with Crippen molar-refractivity contribution in [2.45, 2.75) is 6.42 Å². The summed E-state index contributed by atoms with van der Waals surface area (Å²) in [5, 5.41) is 12.6. The molecule has 0 radical (unpaired) electrons. The van der Waals surface area contributed by atoms with Crippen molar-refractivity contribution < 1.29 is 14.3 Å². The summed E-state index contributed by atoms with van der Waals surface area (Å²) in [6.07, 6.45) is 0.630. The number of nitrogens with one attached hydrogen (secondary N) is 1. The summed E-state index contributed by atoms with van der Waals surface area (Å²) in [5.41, 5.74) is 1.15. The molecule has 0 unspecified atom stereocenters. The molecule has 0 aliphatic carbocycles. The van der Waals surface area contributed by atoms with Crippen LogP contribution in [0, 0.1) is 0 Å². The van der Waals surface area contributed by atoms with E-state index in [4.69, 9.17) is 4.42 Å². The first kappa shape index (κ1) is 14.8. The summed E-state index contributed by atoms with van der Waals surface area (Å²) in [6, 6.07) is 14.9. The van der Waals surface area contributed by atoms with Crippen LogP contribution in [0.2, 0.25) is 0 Å². The molecule has 5 nitrogen and oxygen atoms in total. The summed E-state index contributed by atoms with van der Waals surface area (Å²) < 4.78 is 5.08. The van der Waals surface area contributed by atoms with Crippen molar-refractivity contribution in [3.05, 3.63) is 76.1 Å². The fourth-order valence-corrected chi connectivity index (χ4v) is 2.38. The van der Waals surface area contributed by atoms with E-state index in [2.05, 4.69) is 5.32 Å². The van der Waals surface area contributed by atoms with Gasteiger partial charge >= 0.3 is 5.63 Å². The number of rotatable bonds is 4. The lowest BCUT2D eigenvalue weighted by molar-refractivity contribution is 0.0955. The molecule has 1 heterocycles. The van der Waals surface area contributed by atoms with Crippen molar-refractivity contribution in [3.8, 4) is 5.75 Å². The lowest BCUT2D eigenvalue weighted by Crippen LogP contribution is -2.26. The van der Waals surface area contributed by atoms with Gasteiger partial charge in [0.2, 0.25) is 0 Å². The zero-order chi connectivity index (χ0) is 16.2. The number of carbonyl (C=O) groups excluding carboxylic acids is 1. The van der Waals surface area contributed by atoms with Crippen LogP contribution in [-0.4, -0.2) is 17.6 Å². The van der Waals surface area contributed by atoms with Crippen molar-refractivity contribution in [2.24, 2.45) is 0 Å². The van der Waals surface area contributed by atoms with E-state index in [0.717, 1.165) is 5.56 Å². The number of fused-ring (bicyclic) bond motifs is 1. The number of hydrogen-bond donors (Lipinski definition) is 2. The van der Waals surface area contributed by atoms with Crippen LogP contribution in [0.15, 0.2) is 63.8 Å². The first-order chi connectivity index (χ1) is 11.1. The van der Waals surface area contributed by atoms with Gasteiger partial charge in [0, 0.05) is 18.0 Å². The highest BCUT2D eigenvalue weighted by atomic mass is 16.4. The molecule has 2 aromatic carbocycles. The quantitative estimate of drug-likeness (QED) is 0.726. The summed E-state index contributed by atoms with van der Waals surface area (Å²) >= 11 is 0. The highest BCUT2D eigenvalue weighted by molar-refractivity contribution is 6.05. The first-order valence-electron chi connectivity index (χ1n) is 7.22. The van der Waals surface area contributed by atoms with Gasteiger partial charge in [-0.1, -0.05) is 30.3 Å². The number of phenolic OH excluding ortho intramolecular Hbond substituents is 1. The predicted octanol–water partition coefficient (Wildman–Crippen LogP) is 2.47. The minimum atomic E-state index is -0.549. The van der Waals surface area contributed by atoms with Crippen LogP contribution in [0.1, 0.15) is 15.9 Å². The molecular weight excluding hydrogens is 294 g/mol. The molecule has 1 amide bonds. The van der Waals surface area contributed by atoms with Gasteiger partial charge in [0.05, 0.1) is 5.56 Å². The Labute approximate surface area is 132 Å². The normalized spacial score (nSPS) is 10.6. The first-order valence-corrected chi connectivity index (χ1v) is 7.22. The maximum Gasteiger partial charge on any atom is 0.337 e. The number of carbonyl (C=O) groups is 1. The van der Waals surface area contributed by atoms with Crippen molar-refractivity contribution >= 4 is 16.9 Å². The van der Waals surface area contributed by atoms with Crippen LogP contribution in [0.5, 0.6) is 5.75 Å². The molecule has 0 saturated carbocycles. The van der Waals surface area contributed by atoms with Crippen LogP contribution in [0.25, 0.3) is 11.0 Å². The predicted molar refractivity (Wildman–Crippen MR) is 86.6 cm³/mol. The third-order valence-electron chi connectivity index (χ3n) is 3.53. The summed E-state index contributed by atoms with van der Waals surface area (Å²) in [6.45, 7) is 0.429. The molecule has 0 fully saturated rings. The van der Waals surface area contributed by atoms with E-state index in [0.29, 0.717) is 29.5 Å². The molecule has 0 aliphatic rings. The Morgan fingerprint density at radius 3 is 2.61 bits per heavy atom.